The molecule has 1 aliphatic heterocycles. The fraction of sp³-hybridized carbons (Fsp3) is 0.280. The van der Waals surface area contributed by atoms with Crippen LogP contribution in [0.5, 0.6) is 0 Å². The van der Waals surface area contributed by atoms with Crippen LogP contribution in [0.25, 0.3) is 10.8 Å². The van der Waals surface area contributed by atoms with E-state index < -0.39 is 0 Å². The maximum Gasteiger partial charge on any atom is 0.346 e. The quantitative estimate of drug-likeness (QED) is 0.463. The first-order chi connectivity index (χ1) is 14.8. The minimum Gasteiger partial charge on any atom is -0.317 e. The maximum atomic E-state index is 13.4. The van der Waals surface area contributed by atoms with Gasteiger partial charge < -0.3 is 5.32 Å². The van der Waals surface area contributed by atoms with Crippen LogP contribution >= 0.6 is 24.8 Å². The highest BCUT2D eigenvalue weighted by Crippen LogP contribution is 2.24. The van der Waals surface area contributed by atoms with Crippen molar-refractivity contribution >= 4 is 35.6 Å². The summed E-state index contributed by atoms with van der Waals surface area (Å²) < 4.78 is 3.54. The standard InChI is InChI=1S/C25H26N4O.2ClH/c30-25-28(17-19-7-2-1-3-8-19)24(21-13-15-26-16-14-21)27-29(25)18-22-11-6-10-20-9-4-5-12-23(20)22;;/h1-12,21,26H,13-18H2;2*1H. The smallest absolute Gasteiger partial charge is 0.317 e. The lowest BCUT2D eigenvalue weighted by atomic mass is 9.97. The van der Waals surface area contributed by atoms with E-state index in [1.807, 2.05) is 34.9 Å². The van der Waals surface area contributed by atoms with E-state index in [-0.39, 0.29) is 30.5 Å². The highest BCUT2D eigenvalue weighted by Gasteiger charge is 2.24. The van der Waals surface area contributed by atoms with Gasteiger partial charge in [0.15, 0.2) is 0 Å². The van der Waals surface area contributed by atoms with Crippen molar-refractivity contribution < 1.29 is 0 Å². The lowest BCUT2D eigenvalue weighted by Gasteiger charge is -2.22. The molecule has 7 heteroatoms. The lowest BCUT2D eigenvalue weighted by Crippen LogP contribution is -2.30. The molecule has 1 aliphatic rings. The first-order valence-electron chi connectivity index (χ1n) is 10.7. The summed E-state index contributed by atoms with van der Waals surface area (Å²) in [6.07, 6.45) is 2.03. The van der Waals surface area contributed by atoms with Gasteiger partial charge in [0.25, 0.3) is 0 Å². The van der Waals surface area contributed by atoms with Crippen molar-refractivity contribution in [2.24, 2.45) is 0 Å². The largest absolute Gasteiger partial charge is 0.346 e. The Morgan fingerprint density at radius 2 is 1.53 bits per heavy atom. The van der Waals surface area contributed by atoms with Crippen molar-refractivity contribution in [2.75, 3.05) is 13.1 Å². The van der Waals surface area contributed by atoms with Crippen molar-refractivity contribution in [1.29, 1.82) is 0 Å². The number of benzene rings is 3. The summed E-state index contributed by atoms with van der Waals surface area (Å²) in [7, 11) is 0. The first kappa shape index (κ1) is 24.1. The van der Waals surface area contributed by atoms with E-state index in [0.717, 1.165) is 42.9 Å². The SMILES string of the molecule is Cl.Cl.O=c1n(Cc2cccc3ccccc23)nc(C2CCNCC2)n1Cc1ccccc1. The van der Waals surface area contributed by atoms with Crippen LogP contribution in [0.1, 0.15) is 35.7 Å². The van der Waals surface area contributed by atoms with Crippen LogP contribution in [0, 0.1) is 0 Å². The Labute approximate surface area is 200 Å². The lowest BCUT2D eigenvalue weighted by molar-refractivity contribution is 0.431. The Bertz CT molecular complexity index is 1210. The summed E-state index contributed by atoms with van der Waals surface area (Å²) in [6.45, 7) is 3.00. The summed E-state index contributed by atoms with van der Waals surface area (Å²) >= 11 is 0. The van der Waals surface area contributed by atoms with E-state index in [4.69, 9.17) is 5.10 Å². The Morgan fingerprint density at radius 1 is 0.844 bits per heavy atom. The summed E-state index contributed by atoms with van der Waals surface area (Å²) in [4.78, 5) is 13.4. The van der Waals surface area contributed by atoms with Gasteiger partial charge in [-0.15, -0.1) is 24.8 Å². The molecule has 3 aromatic carbocycles. The van der Waals surface area contributed by atoms with Gasteiger partial charge in [0.2, 0.25) is 0 Å². The zero-order valence-corrected chi connectivity index (χ0v) is 19.4. The fourth-order valence-electron chi connectivity index (χ4n) is 4.45. The van der Waals surface area contributed by atoms with Crippen molar-refractivity contribution in [1.82, 2.24) is 19.7 Å². The summed E-state index contributed by atoms with van der Waals surface area (Å²) in [5.74, 6) is 1.24. The molecule has 1 saturated heterocycles. The number of aromatic nitrogens is 3. The van der Waals surface area contributed by atoms with Crippen molar-refractivity contribution in [3.8, 4) is 0 Å². The molecule has 168 valence electrons. The second-order valence-electron chi connectivity index (χ2n) is 8.03. The number of fused-ring (bicyclic) bond motifs is 1. The number of hydrogen-bond donors (Lipinski definition) is 1. The minimum absolute atomic E-state index is 0. The number of hydrogen-bond acceptors (Lipinski definition) is 3. The average Bonchev–Trinajstić information content (AvgIpc) is 3.10. The van der Waals surface area contributed by atoms with Crippen LogP contribution in [0.4, 0.5) is 0 Å². The van der Waals surface area contributed by atoms with E-state index >= 15 is 0 Å². The molecule has 1 fully saturated rings. The Morgan fingerprint density at radius 3 is 2.31 bits per heavy atom. The topological polar surface area (TPSA) is 51.9 Å². The Kier molecular flexibility index (Phi) is 8.13. The van der Waals surface area contributed by atoms with Gasteiger partial charge in [0, 0.05) is 5.92 Å². The van der Waals surface area contributed by atoms with Crippen LogP contribution in [0.15, 0.2) is 77.6 Å². The van der Waals surface area contributed by atoms with E-state index in [0.29, 0.717) is 19.0 Å². The molecule has 0 atom stereocenters. The van der Waals surface area contributed by atoms with Gasteiger partial charge in [0.05, 0.1) is 13.1 Å². The first-order valence-corrected chi connectivity index (χ1v) is 10.7. The van der Waals surface area contributed by atoms with Gasteiger partial charge in [0.1, 0.15) is 5.82 Å². The molecule has 5 nitrogen and oxygen atoms in total. The van der Waals surface area contributed by atoms with E-state index in [1.54, 1.807) is 4.68 Å². The second kappa shape index (κ2) is 10.8. The molecular formula is C25H28Cl2N4O. The molecule has 4 aromatic rings. The molecule has 0 bridgehead atoms. The predicted octanol–water partition coefficient (Wildman–Crippen LogP) is 4.61. The van der Waals surface area contributed by atoms with Crippen LogP contribution < -0.4 is 11.0 Å². The molecule has 0 unspecified atom stereocenters. The van der Waals surface area contributed by atoms with Gasteiger partial charge in [-0.3, -0.25) is 4.57 Å². The number of nitrogens with one attached hydrogen (secondary N) is 1. The van der Waals surface area contributed by atoms with Gasteiger partial charge in [-0.05, 0) is 47.8 Å². The molecular weight excluding hydrogens is 443 g/mol. The zero-order valence-electron chi connectivity index (χ0n) is 17.8. The van der Waals surface area contributed by atoms with E-state index in [1.165, 1.54) is 10.8 Å². The Hall–Kier alpha value is -2.60. The third-order valence-corrected chi connectivity index (χ3v) is 6.04. The predicted molar refractivity (Wildman–Crippen MR) is 134 cm³/mol. The summed E-state index contributed by atoms with van der Waals surface area (Å²) in [5.41, 5.74) is 2.22. The van der Waals surface area contributed by atoms with Crippen LogP contribution in [0.3, 0.4) is 0 Å². The van der Waals surface area contributed by atoms with Crippen molar-refractivity contribution in [2.45, 2.75) is 31.8 Å². The summed E-state index contributed by atoms with van der Waals surface area (Å²) in [5, 5.41) is 10.6. The molecule has 0 radical (unpaired) electrons. The molecule has 32 heavy (non-hydrogen) atoms. The van der Waals surface area contributed by atoms with Crippen molar-refractivity contribution in [3.05, 3.63) is 100 Å². The normalized spacial score (nSPS) is 14.0. The highest BCUT2D eigenvalue weighted by atomic mass is 35.5. The zero-order chi connectivity index (χ0) is 20.3. The van der Waals surface area contributed by atoms with E-state index in [2.05, 4.69) is 47.8 Å². The number of piperidine rings is 1. The molecule has 2 heterocycles. The number of halogens is 2. The minimum atomic E-state index is -0.0275. The maximum absolute atomic E-state index is 13.4. The molecule has 0 spiro atoms. The molecule has 0 aliphatic carbocycles. The fourth-order valence-corrected chi connectivity index (χ4v) is 4.45. The van der Waals surface area contributed by atoms with Gasteiger partial charge in [-0.2, -0.15) is 5.10 Å². The monoisotopic (exact) mass is 470 g/mol. The van der Waals surface area contributed by atoms with Gasteiger partial charge in [-0.1, -0.05) is 72.8 Å². The van der Waals surface area contributed by atoms with Crippen LogP contribution in [-0.4, -0.2) is 27.4 Å². The molecule has 0 amide bonds. The second-order valence-corrected chi connectivity index (χ2v) is 8.03. The summed E-state index contributed by atoms with van der Waals surface area (Å²) in [6, 6.07) is 24.7. The molecule has 1 aromatic heterocycles. The van der Waals surface area contributed by atoms with Crippen LogP contribution in [-0.2, 0) is 13.1 Å². The van der Waals surface area contributed by atoms with Gasteiger partial charge >= 0.3 is 5.69 Å². The Balaban J connectivity index is 0.00000144. The third kappa shape index (κ3) is 4.90. The molecule has 5 rings (SSSR count). The highest BCUT2D eigenvalue weighted by molar-refractivity contribution is 5.86. The molecule has 1 N–H and O–H groups in total. The van der Waals surface area contributed by atoms with Crippen LogP contribution in [0.2, 0.25) is 0 Å². The number of rotatable bonds is 5. The van der Waals surface area contributed by atoms with Crippen molar-refractivity contribution in [3.63, 3.8) is 0 Å². The number of nitrogens with zero attached hydrogens (tertiary/aromatic N) is 3. The van der Waals surface area contributed by atoms with E-state index in [9.17, 15) is 4.79 Å². The molecule has 0 saturated carbocycles. The van der Waals surface area contributed by atoms with Gasteiger partial charge in [-0.25, -0.2) is 9.48 Å². The average molecular weight is 471 g/mol. The third-order valence-electron chi connectivity index (χ3n) is 6.04.